The van der Waals surface area contributed by atoms with Crippen LogP contribution < -0.4 is 5.32 Å². The Hall–Kier alpha value is -0.610. The van der Waals surface area contributed by atoms with Gasteiger partial charge < -0.3 is 15.5 Å². The number of carbonyl (C=O) groups is 1. The van der Waals surface area contributed by atoms with E-state index in [2.05, 4.69) is 5.32 Å². The Bertz CT molecular complexity index is 125. The topological polar surface area (TPSA) is 69.6 Å². The summed E-state index contributed by atoms with van der Waals surface area (Å²) in [4.78, 5) is 10.9. The van der Waals surface area contributed by atoms with Gasteiger partial charge in [0.05, 0.1) is 12.7 Å². The standard InChI is InChI=1S/C7H15NO3/c1-5(2)7(11)8-3-6(10)4-9/h5-6,9-10H,3-4H2,1-2H3,(H,8,11)/t6-/m0/s1. The molecule has 0 aromatic rings. The van der Waals surface area contributed by atoms with Crippen LogP contribution in [-0.2, 0) is 4.79 Å². The molecule has 0 unspecified atom stereocenters. The molecular formula is C7H15NO3. The van der Waals surface area contributed by atoms with E-state index in [-0.39, 0.29) is 25.0 Å². The highest BCUT2D eigenvalue weighted by atomic mass is 16.3. The summed E-state index contributed by atoms with van der Waals surface area (Å²) in [6.07, 6.45) is -0.849. The van der Waals surface area contributed by atoms with Crippen molar-refractivity contribution in [2.24, 2.45) is 5.92 Å². The molecule has 4 heteroatoms. The number of rotatable bonds is 4. The summed E-state index contributed by atoms with van der Waals surface area (Å²) < 4.78 is 0. The quantitative estimate of drug-likeness (QED) is 0.501. The van der Waals surface area contributed by atoms with Crippen molar-refractivity contribution in [3.8, 4) is 0 Å². The molecule has 0 aliphatic rings. The SMILES string of the molecule is CC(C)C(=O)NC[C@H](O)CO. The Morgan fingerprint density at radius 2 is 2.09 bits per heavy atom. The summed E-state index contributed by atoms with van der Waals surface area (Å²) in [6.45, 7) is 3.33. The summed E-state index contributed by atoms with van der Waals surface area (Å²) in [5.74, 6) is -0.196. The molecule has 1 atom stereocenters. The van der Waals surface area contributed by atoms with Gasteiger partial charge in [0, 0.05) is 12.5 Å². The van der Waals surface area contributed by atoms with Crippen LogP contribution in [0.25, 0.3) is 0 Å². The fraction of sp³-hybridized carbons (Fsp3) is 0.857. The van der Waals surface area contributed by atoms with E-state index in [1.165, 1.54) is 0 Å². The molecule has 66 valence electrons. The molecule has 0 saturated heterocycles. The lowest BCUT2D eigenvalue weighted by molar-refractivity contribution is -0.124. The van der Waals surface area contributed by atoms with E-state index in [4.69, 9.17) is 10.2 Å². The number of hydrogen-bond acceptors (Lipinski definition) is 3. The van der Waals surface area contributed by atoms with Gasteiger partial charge in [0.15, 0.2) is 0 Å². The zero-order valence-electron chi connectivity index (χ0n) is 6.87. The van der Waals surface area contributed by atoms with Crippen LogP contribution in [0.5, 0.6) is 0 Å². The van der Waals surface area contributed by atoms with Crippen LogP contribution in [0, 0.1) is 5.92 Å². The number of hydrogen-bond donors (Lipinski definition) is 3. The van der Waals surface area contributed by atoms with E-state index in [0.717, 1.165) is 0 Å². The number of nitrogens with one attached hydrogen (secondary N) is 1. The van der Waals surface area contributed by atoms with E-state index in [1.54, 1.807) is 13.8 Å². The Balaban J connectivity index is 3.46. The Kier molecular flexibility index (Phi) is 4.81. The Morgan fingerprint density at radius 1 is 1.55 bits per heavy atom. The first kappa shape index (κ1) is 10.4. The van der Waals surface area contributed by atoms with Crippen molar-refractivity contribution in [2.45, 2.75) is 20.0 Å². The Morgan fingerprint density at radius 3 is 2.45 bits per heavy atom. The van der Waals surface area contributed by atoms with Gasteiger partial charge in [0.1, 0.15) is 0 Å². The third-order valence-corrected chi connectivity index (χ3v) is 1.25. The molecule has 0 fully saturated rings. The number of amides is 1. The fourth-order valence-corrected chi connectivity index (χ4v) is 0.487. The van der Waals surface area contributed by atoms with Gasteiger partial charge in [-0.15, -0.1) is 0 Å². The minimum absolute atomic E-state index is 0.0825. The maximum Gasteiger partial charge on any atom is 0.222 e. The van der Waals surface area contributed by atoms with E-state index in [9.17, 15) is 4.79 Å². The highest BCUT2D eigenvalue weighted by Gasteiger charge is 2.08. The van der Waals surface area contributed by atoms with Crippen molar-refractivity contribution in [1.82, 2.24) is 5.32 Å². The lowest BCUT2D eigenvalue weighted by Gasteiger charge is -2.10. The first-order valence-electron chi connectivity index (χ1n) is 3.64. The zero-order chi connectivity index (χ0) is 8.85. The van der Waals surface area contributed by atoms with Crippen molar-refractivity contribution in [3.05, 3.63) is 0 Å². The van der Waals surface area contributed by atoms with Gasteiger partial charge in [0.25, 0.3) is 0 Å². The fourth-order valence-electron chi connectivity index (χ4n) is 0.487. The lowest BCUT2D eigenvalue weighted by atomic mass is 10.2. The van der Waals surface area contributed by atoms with Crippen molar-refractivity contribution in [3.63, 3.8) is 0 Å². The Labute approximate surface area is 66.2 Å². The molecule has 0 aromatic heterocycles. The minimum Gasteiger partial charge on any atom is -0.394 e. The zero-order valence-corrected chi connectivity index (χ0v) is 6.87. The van der Waals surface area contributed by atoms with Gasteiger partial charge in [-0.1, -0.05) is 13.8 Å². The minimum atomic E-state index is -0.849. The average molecular weight is 161 g/mol. The molecule has 0 radical (unpaired) electrons. The smallest absolute Gasteiger partial charge is 0.222 e. The molecule has 4 nitrogen and oxygen atoms in total. The average Bonchev–Trinajstić information content (AvgIpc) is 1.99. The predicted octanol–water partition coefficient (Wildman–Crippen LogP) is -0.888. The van der Waals surface area contributed by atoms with Gasteiger partial charge >= 0.3 is 0 Å². The van der Waals surface area contributed by atoms with Crippen molar-refractivity contribution in [1.29, 1.82) is 0 Å². The van der Waals surface area contributed by atoms with Crippen LogP contribution in [0.2, 0.25) is 0 Å². The van der Waals surface area contributed by atoms with Gasteiger partial charge in [0.2, 0.25) is 5.91 Å². The number of aliphatic hydroxyl groups is 2. The molecule has 0 heterocycles. The van der Waals surface area contributed by atoms with Crippen molar-refractivity contribution in [2.75, 3.05) is 13.2 Å². The summed E-state index contributed by atoms with van der Waals surface area (Å²) in [5, 5.41) is 19.7. The number of carbonyl (C=O) groups excluding carboxylic acids is 1. The van der Waals surface area contributed by atoms with Crippen molar-refractivity contribution < 1.29 is 15.0 Å². The third kappa shape index (κ3) is 4.75. The molecule has 11 heavy (non-hydrogen) atoms. The van der Waals surface area contributed by atoms with Gasteiger partial charge in [-0.05, 0) is 0 Å². The van der Waals surface area contributed by atoms with Gasteiger partial charge in [-0.2, -0.15) is 0 Å². The maximum atomic E-state index is 10.9. The number of aliphatic hydroxyl groups excluding tert-OH is 2. The predicted molar refractivity (Wildman–Crippen MR) is 40.9 cm³/mol. The summed E-state index contributed by atoms with van der Waals surface area (Å²) in [7, 11) is 0. The second kappa shape index (κ2) is 5.09. The lowest BCUT2D eigenvalue weighted by Crippen LogP contribution is -2.36. The molecule has 3 N–H and O–H groups in total. The second-order valence-corrected chi connectivity index (χ2v) is 2.74. The second-order valence-electron chi connectivity index (χ2n) is 2.74. The van der Waals surface area contributed by atoms with Crippen molar-refractivity contribution >= 4 is 5.91 Å². The van der Waals surface area contributed by atoms with E-state index >= 15 is 0 Å². The van der Waals surface area contributed by atoms with E-state index in [1.807, 2.05) is 0 Å². The molecule has 0 rings (SSSR count). The van der Waals surface area contributed by atoms with Crippen LogP contribution in [-0.4, -0.2) is 35.4 Å². The normalized spacial score (nSPS) is 13.2. The summed E-state index contributed by atoms with van der Waals surface area (Å²) in [5.41, 5.74) is 0. The molecule has 0 aliphatic carbocycles. The highest BCUT2D eigenvalue weighted by molar-refractivity contribution is 5.77. The molecule has 0 aliphatic heterocycles. The first-order valence-corrected chi connectivity index (χ1v) is 3.64. The van der Waals surface area contributed by atoms with Crippen LogP contribution in [0.4, 0.5) is 0 Å². The van der Waals surface area contributed by atoms with Crippen LogP contribution >= 0.6 is 0 Å². The molecule has 0 aromatic carbocycles. The monoisotopic (exact) mass is 161 g/mol. The van der Waals surface area contributed by atoms with Crippen LogP contribution in [0.3, 0.4) is 0 Å². The molecule has 0 bridgehead atoms. The van der Waals surface area contributed by atoms with Crippen LogP contribution in [0.15, 0.2) is 0 Å². The largest absolute Gasteiger partial charge is 0.394 e. The van der Waals surface area contributed by atoms with E-state index < -0.39 is 6.10 Å². The third-order valence-electron chi connectivity index (χ3n) is 1.25. The van der Waals surface area contributed by atoms with Gasteiger partial charge in [-0.3, -0.25) is 4.79 Å². The highest BCUT2D eigenvalue weighted by Crippen LogP contribution is 1.90. The molecule has 1 amide bonds. The summed E-state index contributed by atoms with van der Waals surface area (Å²) in [6, 6.07) is 0. The molecule has 0 saturated carbocycles. The molecular weight excluding hydrogens is 146 g/mol. The van der Waals surface area contributed by atoms with Gasteiger partial charge in [-0.25, -0.2) is 0 Å². The van der Waals surface area contributed by atoms with E-state index in [0.29, 0.717) is 0 Å². The summed E-state index contributed by atoms with van der Waals surface area (Å²) >= 11 is 0. The molecule has 0 spiro atoms. The van der Waals surface area contributed by atoms with Crippen LogP contribution in [0.1, 0.15) is 13.8 Å². The maximum absolute atomic E-state index is 10.9. The first-order chi connectivity index (χ1) is 5.07.